The topological polar surface area (TPSA) is 168 Å². The number of nitrogens with one attached hydrogen (secondary N) is 2. The Morgan fingerprint density at radius 1 is 0.765 bits per heavy atom. The van der Waals surface area contributed by atoms with Gasteiger partial charge in [0.15, 0.2) is 0 Å². The third-order valence-electron chi connectivity index (χ3n) is 4.92. The Bertz CT molecular complexity index is 755. The molecule has 0 heterocycles. The van der Waals surface area contributed by atoms with Crippen molar-refractivity contribution < 1.29 is 43.7 Å². The van der Waals surface area contributed by atoms with Crippen molar-refractivity contribution in [1.82, 2.24) is 10.6 Å². The highest BCUT2D eigenvalue weighted by Gasteiger charge is 2.39. The third-order valence-corrected chi connectivity index (χ3v) is 4.92. The minimum atomic E-state index is -1.07. The summed E-state index contributed by atoms with van der Waals surface area (Å²) in [6, 6.07) is -1.09. The highest BCUT2D eigenvalue weighted by molar-refractivity contribution is 5.89. The molecule has 0 bridgehead atoms. The number of ether oxygens (including phenoxy) is 2. The van der Waals surface area contributed by atoms with Gasteiger partial charge in [-0.2, -0.15) is 0 Å². The van der Waals surface area contributed by atoms with E-state index in [1.165, 1.54) is 0 Å². The fraction of sp³-hybridized carbons (Fsp3) is 0.696. The molecule has 0 aromatic rings. The third kappa shape index (κ3) is 10.2. The molecule has 192 valence electrons. The Morgan fingerprint density at radius 3 is 1.53 bits per heavy atom. The lowest BCUT2D eigenvalue weighted by atomic mass is 10.0. The van der Waals surface area contributed by atoms with Crippen LogP contribution in [0.15, 0.2) is 12.2 Å². The van der Waals surface area contributed by atoms with Gasteiger partial charge in [-0.3, -0.25) is 14.4 Å². The highest BCUT2D eigenvalue weighted by Crippen LogP contribution is 2.30. The number of carboxylic acid groups (broad SMARTS) is 2. The summed E-state index contributed by atoms with van der Waals surface area (Å²) in [7, 11) is 0. The van der Waals surface area contributed by atoms with Crippen LogP contribution in [0.2, 0.25) is 0 Å². The minimum Gasteiger partial charge on any atom is -0.481 e. The van der Waals surface area contributed by atoms with Gasteiger partial charge < -0.3 is 30.3 Å². The Hall–Kier alpha value is -3.11. The molecule has 2 rings (SSSR count). The molecular formula is C23H36N2O9. The number of ketones is 1. The van der Waals surface area contributed by atoms with Gasteiger partial charge in [-0.05, 0) is 54.4 Å². The predicted molar refractivity (Wildman–Crippen MR) is 121 cm³/mol. The van der Waals surface area contributed by atoms with Crippen LogP contribution in [0.3, 0.4) is 0 Å². The molecule has 0 saturated heterocycles. The Balaban J connectivity index is 0.000000340. The molecule has 11 heteroatoms. The first kappa shape index (κ1) is 28.9. The van der Waals surface area contributed by atoms with Crippen LogP contribution >= 0.6 is 0 Å². The van der Waals surface area contributed by atoms with Crippen molar-refractivity contribution in [2.24, 2.45) is 11.8 Å². The van der Waals surface area contributed by atoms with Crippen molar-refractivity contribution >= 4 is 29.9 Å². The SMILES string of the molecule is C=C1C[C@H](NC(=O)OC(C)(C)C)[C@H](C(=O)O)C1.CC(C)(C)OC(=O)N[C@H]1CC(=O)C[C@H]1C(=O)O. The van der Waals surface area contributed by atoms with Gasteiger partial charge >= 0.3 is 24.1 Å². The fourth-order valence-electron chi connectivity index (χ4n) is 3.59. The van der Waals surface area contributed by atoms with Crippen molar-refractivity contribution in [2.75, 3.05) is 0 Å². The van der Waals surface area contributed by atoms with Crippen LogP contribution < -0.4 is 10.6 Å². The van der Waals surface area contributed by atoms with Gasteiger partial charge in [0, 0.05) is 18.9 Å². The van der Waals surface area contributed by atoms with Gasteiger partial charge in [-0.1, -0.05) is 12.2 Å². The molecule has 2 saturated carbocycles. The van der Waals surface area contributed by atoms with Gasteiger partial charge in [0.25, 0.3) is 0 Å². The van der Waals surface area contributed by atoms with Crippen molar-refractivity contribution in [3.8, 4) is 0 Å². The summed E-state index contributed by atoms with van der Waals surface area (Å²) in [5, 5.41) is 22.9. The van der Waals surface area contributed by atoms with Crippen molar-refractivity contribution in [2.45, 2.75) is 90.5 Å². The lowest BCUT2D eigenvalue weighted by Gasteiger charge is -2.23. The number of carboxylic acids is 2. The highest BCUT2D eigenvalue weighted by atomic mass is 16.6. The van der Waals surface area contributed by atoms with Gasteiger partial charge in [-0.25, -0.2) is 9.59 Å². The largest absolute Gasteiger partial charge is 0.481 e. The van der Waals surface area contributed by atoms with Crippen molar-refractivity contribution in [3.05, 3.63) is 12.2 Å². The standard InChI is InChI=1S/C12H19NO4.C11H17NO5/c1-7-5-8(10(14)15)9(6-7)13-11(16)17-12(2,3)4;1-11(2,3)17-10(16)12-8-5-6(13)4-7(8)9(14)15/h8-9H,1,5-6H2,2-4H3,(H,13,16)(H,14,15);7-8H,4-5H2,1-3H3,(H,12,16)(H,14,15)/t8-,9+;7-,8+/m11/s1. The summed E-state index contributed by atoms with van der Waals surface area (Å²) in [5.74, 6) is -3.59. The quantitative estimate of drug-likeness (QED) is 0.438. The average molecular weight is 485 g/mol. The number of Topliss-reactive ketones (excluding diaryl/α,β-unsaturated/α-hetero) is 1. The zero-order valence-electron chi connectivity index (χ0n) is 20.6. The molecule has 0 aliphatic heterocycles. The molecule has 0 aromatic carbocycles. The van der Waals surface area contributed by atoms with Crippen LogP contribution in [-0.2, 0) is 23.9 Å². The lowest BCUT2D eigenvalue weighted by Crippen LogP contribution is -2.42. The van der Waals surface area contributed by atoms with E-state index in [9.17, 15) is 24.0 Å². The first-order valence-electron chi connectivity index (χ1n) is 11.0. The second kappa shape index (κ2) is 11.3. The van der Waals surface area contributed by atoms with Gasteiger partial charge in [0.1, 0.15) is 17.0 Å². The Labute approximate surface area is 199 Å². The van der Waals surface area contributed by atoms with E-state index in [4.69, 9.17) is 19.7 Å². The molecule has 34 heavy (non-hydrogen) atoms. The summed E-state index contributed by atoms with van der Waals surface area (Å²) < 4.78 is 10.1. The molecule has 4 N–H and O–H groups in total. The molecule has 0 spiro atoms. The Morgan fingerprint density at radius 2 is 1.15 bits per heavy atom. The second-order valence-electron chi connectivity index (χ2n) is 10.5. The van der Waals surface area contributed by atoms with Crippen LogP contribution in [0.4, 0.5) is 9.59 Å². The maximum absolute atomic E-state index is 11.5. The number of aliphatic carboxylic acids is 2. The lowest BCUT2D eigenvalue weighted by molar-refractivity contribution is -0.143. The van der Waals surface area contributed by atoms with E-state index in [1.54, 1.807) is 41.5 Å². The Kier molecular flexibility index (Phi) is 9.65. The van der Waals surface area contributed by atoms with E-state index < -0.39 is 59.2 Å². The van der Waals surface area contributed by atoms with Crippen molar-refractivity contribution in [3.63, 3.8) is 0 Å². The van der Waals surface area contributed by atoms with Crippen LogP contribution in [-0.4, -0.2) is 63.4 Å². The molecule has 2 aliphatic carbocycles. The smallest absolute Gasteiger partial charge is 0.407 e. The number of carbonyl (C=O) groups excluding carboxylic acids is 3. The molecule has 0 unspecified atom stereocenters. The molecule has 0 radical (unpaired) electrons. The number of rotatable bonds is 4. The summed E-state index contributed by atoms with van der Waals surface area (Å²) in [6.07, 6.45) is -0.343. The number of hydrogen-bond donors (Lipinski definition) is 4. The van der Waals surface area contributed by atoms with E-state index in [0.717, 1.165) is 5.57 Å². The number of alkyl carbamates (subject to hydrolysis) is 2. The molecule has 0 aromatic heterocycles. The first-order chi connectivity index (χ1) is 15.4. The van der Waals surface area contributed by atoms with E-state index in [-0.39, 0.29) is 18.6 Å². The first-order valence-corrected chi connectivity index (χ1v) is 11.0. The number of carbonyl (C=O) groups is 5. The van der Waals surface area contributed by atoms with Gasteiger partial charge in [0.2, 0.25) is 0 Å². The van der Waals surface area contributed by atoms with Crippen LogP contribution in [0.25, 0.3) is 0 Å². The van der Waals surface area contributed by atoms with E-state index in [2.05, 4.69) is 17.2 Å². The normalized spacial score (nSPS) is 24.5. The van der Waals surface area contributed by atoms with Gasteiger partial charge in [-0.15, -0.1) is 0 Å². The number of amides is 2. The monoisotopic (exact) mass is 484 g/mol. The van der Waals surface area contributed by atoms with Crippen molar-refractivity contribution in [1.29, 1.82) is 0 Å². The van der Waals surface area contributed by atoms with E-state index in [1.807, 2.05) is 0 Å². The maximum Gasteiger partial charge on any atom is 0.407 e. The predicted octanol–water partition coefficient (Wildman–Crippen LogP) is 2.87. The summed E-state index contributed by atoms with van der Waals surface area (Å²) in [5.41, 5.74) is -0.387. The molecular weight excluding hydrogens is 448 g/mol. The van der Waals surface area contributed by atoms with Crippen LogP contribution in [0.5, 0.6) is 0 Å². The molecule has 2 amide bonds. The van der Waals surface area contributed by atoms with E-state index >= 15 is 0 Å². The van der Waals surface area contributed by atoms with E-state index in [0.29, 0.717) is 12.8 Å². The molecule has 2 fully saturated rings. The molecule has 2 aliphatic rings. The van der Waals surface area contributed by atoms with Crippen LogP contribution in [0.1, 0.15) is 67.2 Å². The van der Waals surface area contributed by atoms with Crippen LogP contribution in [0, 0.1) is 11.8 Å². The summed E-state index contributed by atoms with van der Waals surface area (Å²) >= 11 is 0. The number of hydrogen-bond acceptors (Lipinski definition) is 7. The zero-order valence-corrected chi connectivity index (χ0v) is 20.6. The summed E-state index contributed by atoms with van der Waals surface area (Å²) in [4.78, 5) is 56.0. The van der Waals surface area contributed by atoms with Gasteiger partial charge in [0.05, 0.1) is 17.9 Å². The molecule has 4 atom stereocenters. The maximum atomic E-state index is 11.5. The molecule has 11 nitrogen and oxygen atoms in total. The summed E-state index contributed by atoms with van der Waals surface area (Å²) in [6.45, 7) is 14.2. The second-order valence-corrected chi connectivity index (χ2v) is 10.5. The average Bonchev–Trinajstić information content (AvgIpc) is 3.14. The fourth-order valence-corrected chi connectivity index (χ4v) is 3.59. The minimum absolute atomic E-state index is 0.0319. The zero-order chi connectivity index (χ0) is 26.4.